The maximum atomic E-state index is 2.43. The van der Waals surface area contributed by atoms with Crippen LogP contribution in [0.5, 0.6) is 0 Å². The fraction of sp³-hybridized carbons (Fsp3) is 1.00. The molecule has 0 saturated heterocycles. The highest BCUT2D eigenvalue weighted by Crippen LogP contribution is 2.53. The van der Waals surface area contributed by atoms with Crippen LogP contribution in [0.15, 0.2) is 0 Å². The Morgan fingerprint density at radius 2 is 1.78 bits per heavy atom. The van der Waals surface area contributed by atoms with Gasteiger partial charge in [0.05, 0.1) is 0 Å². The molecule has 0 radical (unpaired) electrons. The molecule has 0 spiro atoms. The highest BCUT2D eigenvalue weighted by Gasteiger charge is 2.44. The summed E-state index contributed by atoms with van der Waals surface area (Å²) in [5.41, 5.74) is 0. The fourth-order valence-electron chi connectivity index (χ4n) is 3.07. The lowest BCUT2D eigenvalue weighted by molar-refractivity contribution is 0.0890. The second kappa shape index (κ2) is 1.74. The molecule has 0 aromatic rings. The van der Waals surface area contributed by atoms with Gasteiger partial charge in [0.2, 0.25) is 0 Å². The molecule has 2 rings (SSSR count). The Kier molecular flexibility index (Phi) is 1.12. The first-order chi connectivity index (χ1) is 4.29. The van der Waals surface area contributed by atoms with Gasteiger partial charge in [0, 0.05) is 0 Å². The minimum atomic E-state index is 1.05. The molecule has 52 valence electrons. The SMILES string of the molecule is CC1CCC2CC(C)C12. The van der Waals surface area contributed by atoms with Crippen LogP contribution in [0.25, 0.3) is 0 Å². The molecule has 0 amide bonds. The Labute approximate surface area is 57.6 Å². The standard InChI is InChI=1S/C9H16/c1-6-3-4-8-5-7(2)9(6)8/h6-9H,3-5H2,1-2H3. The predicted molar refractivity (Wildman–Crippen MR) is 39.2 cm³/mol. The van der Waals surface area contributed by atoms with Crippen LogP contribution in [-0.4, -0.2) is 0 Å². The van der Waals surface area contributed by atoms with E-state index >= 15 is 0 Å². The smallest absolute Gasteiger partial charge is 0.0334 e. The van der Waals surface area contributed by atoms with Crippen molar-refractivity contribution in [2.24, 2.45) is 23.7 Å². The highest BCUT2D eigenvalue weighted by molar-refractivity contribution is 4.94. The van der Waals surface area contributed by atoms with Gasteiger partial charge >= 0.3 is 0 Å². The van der Waals surface area contributed by atoms with Gasteiger partial charge in [-0.25, -0.2) is 0 Å². The predicted octanol–water partition coefficient (Wildman–Crippen LogP) is 2.69. The molecule has 0 aromatic carbocycles. The van der Waals surface area contributed by atoms with Gasteiger partial charge in [-0.3, -0.25) is 0 Å². The number of hydrogen-bond donors (Lipinski definition) is 0. The van der Waals surface area contributed by atoms with Crippen LogP contribution in [0, 0.1) is 23.7 Å². The number of fused-ring (bicyclic) bond motifs is 1. The zero-order valence-electron chi connectivity index (χ0n) is 6.43. The van der Waals surface area contributed by atoms with Crippen molar-refractivity contribution in [2.75, 3.05) is 0 Å². The molecule has 0 aliphatic heterocycles. The van der Waals surface area contributed by atoms with Gasteiger partial charge in [-0.05, 0) is 36.5 Å². The summed E-state index contributed by atoms with van der Waals surface area (Å²) in [5, 5.41) is 0. The second-order valence-electron chi connectivity index (χ2n) is 4.11. The fourth-order valence-corrected chi connectivity index (χ4v) is 3.07. The van der Waals surface area contributed by atoms with Crippen LogP contribution in [0.4, 0.5) is 0 Å². The summed E-state index contributed by atoms with van der Waals surface area (Å²) in [6.07, 6.45) is 4.59. The molecule has 0 N–H and O–H groups in total. The van der Waals surface area contributed by atoms with Crippen LogP contribution in [0.2, 0.25) is 0 Å². The molecule has 4 unspecified atom stereocenters. The molecule has 0 heteroatoms. The van der Waals surface area contributed by atoms with E-state index in [4.69, 9.17) is 0 Å². The van der Waals surface area contributed by atoms with Crippen LogP contribution in [0.1, 0.15) is 33.1 Å². The lowest BCUT2D eigenvalue weighted by Crippen LogP contribution is -2.33. The Morgan fingerprint density at radius 3 is 2.22 bits per heavy atom. The Bertz CT molecular complexity index is 108. The van der Waals surface area contributed by atoms with Crippen LogP contribution in [0.3, 0.4) is 0 Å². The average molecular weight is 124 g/mol. The molecule has 0 bridgehead atoms. The van der Waals surface area contributed by atoms with E-state index in [1.807, 2.05) is 0 Å². The Morgan fingerprint density at radius 1 is 1.00 bits per heavy atom. The van der Waals surface area contributed by atoms with Gasteiger partial charge in [-0.2, -0.15) is 0 Å². The molecule has 2 saturated carbocycles. The van der Waals surface area contributed by atoms with Crippen LogP contribution >= 0.6 is 0 Å². The van der Waals surface area contributed by atoms with Crippen LogP contribution in [-0.2, 0) is 0 Å². The largest absolute Gasteiger partial charge is 0.0622 e. The van der Waals surface area contributed by atoms with Crippen LogP contribution < -0.4 is 0 Å². The molecule has 9 heavy (non-hydrogen) atoms. The van der Waals surface area contributed by atoms with Crippen molar-refractivity contribution < 1.29 is 0 Å². The normalized spacial score (nSPS) is 56.7. The van der Waals surface area contributed by atoms with E-state index in [9.17, 15) is 0 Å². The summed E-state index contributed by atoms with van der Waals surface area (Å²) in [5.74, 6) is 4.39. The first kappa shape index (κ1) is 5.76. The summed E-state index contributed by atoms with van der Waals surface area (Å²) in [6, 6.07) is 0. The minimum absolute atomic E-state index is 1.05. The summed E-state index contributed by atoms with van der Waals surface area (Å²) in [6.45, 7) is 4.85. The van der Waals surface area contributed by atoms with Crippen molar-refractivity contribution in [3.8, 4) is 0 Å². The third-order valence-electron chi connectivity index (χ3n) is 3.53. The Balaban J connectivity index is 2.06. The van der Waals surface area contributed by atoms with E-state index in [0.717, 1.165) is 23.7 Å². The second-order valence-corrected chi connectivity index (χ2v) is 4.11. The lowest BCUT2D eigenvalue weighted by atomic mass is 9.65. The van der Waals surface area contributed by atoms with Crippen molar-refractivity contribution >= 4 is 0 Å². The first-order valence-electron chi connectivity index (χ1n) is 4.29. The van der Waals surface area contributed by atoms with Crippen molar-refractivity contribution in [3.05, 3.63) is 0 Å². The van der Waals surface area contributed by atoms with E-state index < -0.39 is 0 Å². The maximum absolute atomic E-state index is 2.43. The average Bonchev–Trinajstić information content (AvgIpc) is 2.04. The van der Waals surface area contributed by atoms with Crippen molar-refractivity contribution in [1.29, 1.82) is 0 Å². The first-order valence-corrected chi connectivity index (χ1v) is 4.29. The van der Waals surface area contributed by atoms with Gasteiger partial charge in [-0.1, -0.05) is 20.3 Å². The monoisotopic (exact) mass is 124 g/mol. The van der Waals surface area contributed by atoms with E-state index in [1.54, 1.807) is 0 Å². The quantitative estimate of drug-likeness (QED) is 0.465. The van der Waals surface area contributed by atoms with Gasteiger partial charge in [-0.15, -0.1) is 0 Å². The molecular formula is C9H16. The molecule has 2 aliphatic rings. The molecular weight excluding hydrogens is 108 g/mol. The van der Waals surface area contributed by atoms with Crippen molar-refractivity contribution in [3.63, 3.8) is 0 Å². The van der Waals surface area contributed by atoms with Gasteiger partial charge in [0.25, 0.3) is 0 Å². The summed E-state index contributed by atoms with van der Waals surface area (Å²) in [7, 11) is 0. The number of rotatable bonds is 0. The third-order valence-corrected chi connectivity index (χ3v) is 3.53. The zero-order valence-corrected chi connectivity index (χ0v) is 6.43. The van der Waals surface area contributed by atoms with Gasteiger partial charge < -0.3 is 0 Å². The minimum Gasteiger partial charge on any atom is -0.0622 e. The molecule has 4 atom stereocenters. The molecule has 2 fully saturated rings. The van der Waals surface area contributed by atoms with Gasteiger partial charge in [0.1, 0.15) is 0 Å². The summed E-state index contributed by atoms with van der Waals surface area (Å²) in [4.78, 5) is 0. The van der Waals surface area contributed by atoms with E-state index in [1.165, 1.54) is 19.3 Å². The topological polar surface area (TPSA) is 0 Å². The summed E-state index contributed by atoms with van der Waals surface area (Å²) < 4.78 is 0. The van der Waals surface area contributed by atoms with Gasteiger partial charge in [0.15, 0.2) is 0 Å². The lowest BCUT2D eigenvalue weighted by Gasteiger charge is -2.40. The Hall–Kier alpha value is 0. The van der Waals surface area contributed by atoms with Crippen molar-refractivity contribution in [2.45, 2.75) is 33.1 Å². The van der Waals surface area contributed by atoms with Crippen molar-refractivity contribution in [1.82, 2.24) is 0 Å². The van der Waals surface area contributed by atoms with E-state index in [0.29, 0.717) is 0 Å². The molecule has 0 nitrogen and oxygen atoms in total. The number of hydrogen-bond acceptors (Lipinski definition) is 0. The zero-order chi connectivity index (χ0) is 6.43. The molecule has 2 aliphatic carbocycles. The maximum Gasteiger partial charge on any atom is -0.0334 e. The third kappa shape index (κ3) is 0.653. The van der Waals surface area contributed by atoms with E-state index in [2.05, 4.69) is 13.8 Å². The molecule has 0 heterocycles. The highest BCUT2D eigenvalue weighted by atomic mass is 14.5. The van der Waals surface area contributed by atoms with E-state index in [-0.39, 0.29) is 0 Å². The summed E-state index contributed by atoms with van der Waals surface area (Å²) >= 11 is 0. The molecule has 0 aromatic heterocycles.